The standard InChI is InChI=1S/C18H28N6OS/c1-19-18(20-11-15(22(2)3)17-6-5-9-26-17)24-7-8-25-16(13-24)14-10-21-23(4)12-14/h5-6,9-10,12,15-16H,7-8,11,13H2,1-4H3,(H,19,20). The lowest BCUT2D eigenvalue weighted by molar-refractivity contribution is -0.00810. The first kappa shape index (κ1) is 18.9. The Kier molecular flexibility index (Phi) is 6.29. The Bertz CT molecular complexity index is 711. The molecule has 2 aromatic heterocycles. The highest BCUT2D eigenvalue weighted by molar-refractivity contribution is 7.10. The number of thiophene rings is 1. The zero-order valence-electron chi connectivity index (χ0n) is 15.9. The number of aliphatic imine (C=N–C) groups is 1. The van der Waals surface area contributed by atoms with Crippen LogP contribution in [0.5, 0.6) is 0 Å². The molecule has 1 fully saturated rings. The smallest absolute Gasteiger partial charge is 0.193 e. The fourth-order valence-corrected chi connectivity index (χ4v) is 4.11. The van der Waals surface area contributed by atoms with Crippen LogP contribution in [0.4, 0.5) is 0 Å². The van der Waals surface area contributed by atoms with E-state index in [1.165, 1.54) is 4.88 Å². The number of hydrogen-bond acceptors (Lipinski definition) is 5. The van der Waals surface area contributed by atoms with Crippen molar-refractivity contribution in [1.29, 1.82) is 0 Å². The van der Waals surface area contributed by atoms with E-state index in [1.54, 1.807) is 11.3 Å². The fourth-order valence-electron chi connectivity index (χ4n) is 3.19. The molecule has 8 heteroatoms. The number of aryl methyl sites for hydroxylation is 1. The summed E-state index contributed by atoms with van der Waals surface area (Å²) in [5, 5.41) is 9.93. The maximum absolute atomic E-state index is 5.94. The van der Waals surface area contributed by atoms with Gasteiger partial charge in [0.05, 0.1) is 25.4 Å². The summed E-state index contributed by atoms with van der Waals surface area (Å²) in [6.45, 7) is 3.11. The van der Waals surface area contributed by atoms with Gasteiger partial charge in [0.25, 0.3) is 0 Å². The summed E-state index contributed by atoms with van der Waals surface area (Å²) in [6.07, 6.45) is 3.92. The van der Waals surface area contributed by atoms with Crippen LogP contribution in [0, 0.1) is 0 Å². The molecule has 0 aliphatic carbocycles. The van der Waals surface area contributed by atoms with Gasteiger partial charge in [-0.25, -0.2) is 0 Å². The van der Waals surface area contributed by atoms with Crippen molar-refractivity contribution in [2.24, 2.45) is 12.0 Å². The SMILES string of the molecule is CN=C(NCC(c1cccs1)N(C)C)N1CCOC(c2cnn(C)c2)C1. The maximum atomic E-state index is 5.94. The topological polar surface area (TPSA) is 57.9 Å². The lowest BCUT2D eigenvalue weighted by Crippen LogP contribution is -2.49. The largest absolute Gasteiger partial charge is 0.370 e. The predicted octanol–water partition coefficient (Wildman–Crippen LogP) is 1.73. The fraction of sp³-hybridized carbons (Fsp3) is 0.556. The second kappa shape index (κ2) is 8.66. The van der Waals surface area contributed by atoms with Crippen molar-refractivity contribution in [2.75, 3.05) is 47.4 Å². The van der Waals surface area contributed by atoms with E-state index in [-0.39, 0.29) is 6.10 Å². The second-order valence-corrected chi connectivity index (χ2v) is 7.66. The molecule has 0 aromatic carbocycles. The Morgan fingerprint density at radius 1 is 1.54 bits per heavy atom. The summed E-state index contributed by atoms with van der Waals surface area (Å²) in [5.41, 5.74) is 1.11. The summed E-state index contributed by atoms with van der Waals surface area (Å²) < 4.78 is 7.75. The molecule has 0 spiro atoms. The molecule has 2 unspecified atom stereocenters. The van der Waals surface area contributed by atoms with Gasteiger partial charge in [-0.1, -0.05) is 6.07 Å². The molecule has 1 aliphatic rings. The van der Waals surface area contributed by atoms with E-state index < -0.39 is 0 Å². The van der Waals surface area contributed by atoms with Crippen LogP contribution in [-0.4, -0.2) is 72.9 Å². The molecule has 7 nitrogen and oxygen atoms in total. The van der Waals surface area contributed by atoms with Crippen molar-refractivity contribution in [3.05, 3.63) is 40.3 Å². The minimum Gasteiger partial charge on any atom is -0.370 e. The molecule has 3 rings (SSSR count). The number of ether oxygens (including phenoxy) is 1. The first-order chi connectivity index (χ1) is 12.6. The number of hydrogen-bond donors (Lipinski definition) is 1. The zero-order valence-corrected chi connectivity index (χ0v) is 16.7. The normalized spacial score (nSPS) is 19.8. The first-order valence-electron chi connectivity index (χ1n) is 8.84. The lowest BCUT2D eigenvalue weighted by Gasteiger charge is -2.35. The highest BCUT2D eigenvalue weighted by Gasteiger charge is 2.26. The van der Waals surface area contributed by atoms with E-state index in [2.05, 4.69) is 56.8 Å². The van der Waals surface area contributed by atoms with Gasteiger partial charge in [-0.15, -0.1) is 11.3 Å². The molecule has 2 atom stereocenters. The average Bonchev–Trinajstić information content (AvgIpc) is 3.30. The number of guanidine groups is 1. The quantitative estimate of drug-likeness (QED) is 0.636. The minimum atomic E-state index is 0.0259. The number of aromatic nitrogens is 2. The second-order valence-electron chi connectivity index (χ2n) is 6.68. The van der Waals surface area contributed by atoms with Crippen LogP contribution in [0.25, 0.3) is 0 Å². The monoisotopic (exact) mass is 376 g/mol. The van der Waals surface area contributed by atoms with Crippen molar-refractivity contribution in [2.45, 2.75) is 12.1 Å². The highest BCUT2D eigenvalue weighted by Crippen LogP contribution is 2.24. The minimum absolute atomic E-state index is 0.0259. The Labute approximate surface area is 159 Å². The number of nitrogens with zero attached hydrogens (tertiary/aromatic N) is 5. The van der Waals surface area contributed by atoms with Crippen molar-refractivity contribution in [3.8, 4) is 0 Å². The third-order valence-electron chi connectivity index (χ3n) is 4.62. The van der Waals surface area contributed by atoms with Gasteiger partial charge in [0, 0.05) is 43.8 Å². The summed E-state index contributed by atoms with van der Waals surface area (Å²) >= 11 is 1.79. The van der Waals surface area contributed by atoms with Gasteiger partial charge in [0.1, 0.15) is 6.10 Å². The Morgan fingerprint density at radius 3 is 3.00 bits per heavy atom. The van der Waals surface area contributed by atoms with Gasteiger partial charge in [-0.3, -0.25) is 9.67 Å². The van der Waals surface area contributed by atoms with Crippen LogP contribution in [0.3, 0.4) is 0 Å². The summed E-state index contributed by atoms with van der Waals surface area (Å²) in [6, 6.07) is 4.61. The summed E-state index contributed by atoms with van der Waals surface area (Å²) in [7, 11) is 7.99. The molecule has 142 valence electrons. The third-order valence-corrected chi connectivity index (χ3v) is 5.60. The van der Waals surface area contributed by atoms with Gasteiger partial charge in [-0.05, 0) is 25.5 Å². The molecule has 1 N–H and O–H groups in total. The molecular weight excluding hydrogens is 348 g/mol. The van der Waals surface area contributed by atoms with E-state index >= 15 is 0 Å². The van der Waals surface area contributed by atoms with E-state index in [0.717, 1.165) is 31.2 Å². The molecular formula is C18H28N6OS. The average molecular weight is 377 g/mol. The Morgan fingerprint density at radius 2 is 2.38 bits per heavy atom. The number of morpholine rings is 1. The Hall–Kier alpha value is -1.90. The number of likely N-dealkylation sites (N-methyl/N-ethyl adjacent to an activating group) is 1. The molecule has 1 aliphatic heterocycles. The van der Waals surface area contributed by atoms with Crippen molar-refractivity contribution in [1.82, 2.24) is 24.9 Å². The molecule has 26 heavy (non-hydrogen) atoms. The molecule has 3 heterocycles. The molecule has 2 aromatic rings. The van der Waals surface area contributed by atoms with Crippen LogP contribution in [0.1, 0.15) is 22.6 Å². The van der Waals surface area contributed by atoms with Gasteiger partial charge in [0.15, 0.2) is 5.96 Å². The number of rotatable bonds is 5. The van der Waals surface area contributed by atoms with E-state index in [4.69, 9.17) is 4.74 Å². The van der Waals surface area contributed by atoms with E-state index in [0.29, 0.717) is 12.6 Å². The van der Waals surface area contributed by atoms with Crippen molar-refractivity contribution >= 4 is 17.3 Å². The molecule has 0 radical (unpaired) electrons. The lowest BCUT2D eigenvalue weighted by atomic mass is 10.1. The molecule has 1 saturated heterocycles. The van der Waals surface area contributed by atoms with Crippen LogP contribution in [0.15, 0.2) is 34.9 Å². The van der Waals surface area contributed by atoms with E-state index in [9.17, 15) is 0 Å². The number of nitrogens with one attached hydrogen (secondary N) is 1. The van der Waals surface area contributed by atoms with Crippen molar-refractivity contribution < 1.29 is 4.74 Å². The Balaban J connectivity index is 1.63. The van der Waals surface area contributed by atoms with Gasteiger partial charge >= 0.3 is 0 Å². The predicted molar refractivity (Wildman–Crippen MR) is 106 cm³/mol. The molecule has 0 amide bonds. The van der Waals surface area contributed by atoms with Gasteiger partial charge < -0.3 is 19.9 Å². The highest BCUT2D eigenvalue weighted by atomic mass is 32.1. The molecule has 0 saturated carbocycles. The van der Waals surface area contributed by atoms with Crippen LogP contribution in [-0.2, 0) is 11.8 Å². The maximum Gasteiger partial charge on any atom is 0.193 e. The third kappa shape index (κ3) is 4.44. The first-order valence-corrected chi connectivity index (χ1v) is 9.72. The van der Waals surface area contributed by atoms with Crippen molar-refractivity contribution in [3.63, 3.8) is 0 Å². The molecule has 0 bridgehead atoms. The van der Waals surface area contributed by atoms with Gasteiger partial charge in [-0.2, -0.15) is 5.10 Å². The van der Waals surface area contributed by atoms with E-state index in [1.807, 2.05) is 31.2 Å². The van der Waals surface area contributed by atoms with Crippen LogP contribution < -0.4 is 5.32 Å². The summed E-state index contributed by atoms with van der Waals surface area (Å²) in [4.78, 5) is 10.4. The van der Waals surface area contributed by atoms with Gasteiger partial charge in [0.2, 0.25) is 0 Å². The van der Waals surface area contributed by atoms with Crippen LogP contribution >= 0.6 is 11.3 Å². The van der Waals surface area contributed by atoms with Crippen LogP contribution in [0.2, 0.25) is 0 Å². The summed E-state index contributed by atoms with van der Waals surface area (Å²) in [5.74, 6) is 0.922. The zero-order chi connectivity index (χ0) is 18.5.